The van der Waals surface area contributed by atoms with Crippen molar-refractivity contribution >= 4 is 17.9 Å². The zero-order chi connectivity index (χ0) is 37.1. The van der Waals surface area contributed by atoms with E-state index >= 15 is 0 Å². The molecule has 0 heterocycles. The average Bonchev–Trinajstić information content (AvgIpc) is 3.13. The molecule has 0 aromatic carbocycles. The lowest BCUT2D eigenvalue weighted by Gasteiger charge is -2.22. The molecule has 0 atom stereocenters. The molecule has 51 heavy (non-hydrogen) atoms. The first-order valence-electron chi connectivity index (χ1n) is 22.5. The predicted molar refractivity (Wildman–Crippen MR) is 225 cm³/mol. The quantitative estimate of drug-likeness (QED) is 0.0289. The molecule has 6 nitrogen and oxygen atoms in total. The van der Waals surface area contributed by atoms with Gasteiger partial charge in [0.25, 0.3) is 0 Å². The second-order valence-corrected chi connectivity index (χ2v) is 15.8. The number of carbonyl (C=O) groups excluding carboxylic acids is 1. The van der Waals surface area contributed by atoms with Crippen LogP contribution in [0.1, 0.15) is 220 Å². The fourth-order valence-electron chi connectivity index (χ4n) is 6.67. The van der Waals surface area contributed by atoms with Crippen molar-refractivity contribution in [1.29, 1.82) is 0 Å². The lowest BCUT2D eigenvalue weighted by Crippen LogP contribution is -2.29. The molecule has 0 amide bonds. The largest absolute Gasteiger partial charge is 0.466 e. The summed E-state index contributed by atoms with van der Waals surface area (Å²) in [5.41, 5.74) is 0. The smallest absolute Gasteiger partial charge is 0.305 e. The van der Waals surface area contributed by atoms with E-state index in [1.165, 1.54) is 174 Å². The number of nitrogens with zero attached hydrogens (tertiary/aromatic N) is 1. The number of hydrogen-bond acceptors (Lipinski definition) is 7. The van der Waals surface area contributed by atoms with Crippen molar-refractivity contribution in [3.63, 3.8) is 0 Å². The van der Waals surface area contributed by atoms with E-state index in [-0.39, 0.29) is 12.3 Å². The molecular weight excluding hydrogens is 653 g/mol. The van der Waals surface area contributed by atoms with Gasteiger partial charge in [0, 0.05) is 26.2 Å². The summed E-state index contributed by atoms with van der Waals surface area (Å²) < 4.78 is 21.4. The maximum Gasteiger partial charge on any atom is 0.305 e. The molecule has 0 aliphatic rings. The van der Waals surface area contributed by atoms with Crippen LogP contribution < -0.4 is 4.72 Å². The van der Waals surface area contributed by atoms with Crippen LogP contribution >= 0.6 is 11.9 Å². The van der Waals surface area contributed by atoms with Crippen LogP contribution in [0.25, 0.3) is 0 Å². The first-order chi connectivity index (χ1) is 25.2. The minimum Gasteiger partial charge on any atom is -0.466 e. The highest BCUT2D eigenvalue weighted by atomic mass is 32.2. The first-order valence-corrected chi connectivity index (χ1v) is 23.8. The third-order valence-electron chi connectivity index (χ3n) is 10.0. The van der Waals surface area contributed by atoms with Gasteiger partial charge < -0.3 is 19.1 Å². The average molecular weight is 743 g/mol. The molecule has 306 valence electrons. The molecule has 0 aromatic rings. The maximum atomic E-state index is 12.1. The molecule has 0 spiro atoms. The minimum absolute atomic E-state index is 0.00270. The fraction of sp³-hybridized carbons (Fsp3) is 0.977. The highest BCUT2D eigenvalue weighted by molar-refractivity contribution is 7.96. The van der Waals surface area contributed by atoms with Gasteiger partial charge in [0.15, 0.2) is 6.29 Å². The zero-order valence-corrected chi connectivity index (χ0v) is 35.8. The van der Waals surface area contributed by atoms with E-state index in [9.17, 15) is 4.79 Å². The van der Waals surface area contributed by atoms with Crippen molar-refractivity contribution in [2.45, 2.75) is 226 Å². The Morgan fingerprint density at radius 2 is 0.922 bits per heavy atom. The summed E-state index contributed by atoms with van der Waals surface area (Å²) in [6.45, 7) is 13.8. The molecule has 0 fully saturated rings. The van der Waals surface area contributed by atoms with Crippen molar-refractivity contribution in [3.8, 4) is 0 Å². The molecule has 0 saturated carbocycles. The summed E-state index contributed by atoms with van der Waals surface area (Å²) in [5, 5.41) is 0. The van der Waals surface area contributed by atoms with Crippen LogP contribution in [0.2, 0.25) is 0 Å². The molecule has 0 bridgehead atoms. The van der Waals surface area contributed by atoms with Gasteiger partial charge >= 0.3 is 5.97 Å². The van der Waals surface area contributed by atoms with E-state index in [0.29, 0.717) is 13.0 Å². The molecular formula is C44H90N2O4S. The number of nitrogens with one attached hydrogen (secondary N) is 1. The van der Waals surface area contributed by atoms with E-state index in [0.717, 1.165) is 58.3 Å². The maximum absolute atomic E-state index is 12.1. The van der Waals surface area contributed by atoms with Gasteiger partial charge in [-0.1, -0.05) is 168 Å². The first kappa shape index (κ1) is 50.7. The second-order valence-electron chi connectivity index (χ2n) is 15.1. The molecule has 0 aliphatic carbocycles. The lowest BCUT2D eigenvalue weighted by molar-refractivity contribution is -0.148. The standard InChI is InChI=1S/C44H90N2O4S/c1-5-8-11-14-17-25-30-40-48-43(47)34-26-19-18-21-28-37-46(39-33-36-45-51-4)38-29-22-20-27-35-44(49-41-31-23-15-12-9-6-2)50-42-32-24-16-13-10-7-3/h44-45H,5-42H2,1-4H3. The van der Waals surface area contributed by atoms with E-state index in [1.54, 1.807) is 11.9 Å². The van der Waals surface area contributed by atoms with Gasteiger partial charge in [0.2, 0.25) is 0 Å². The van der Waals surface area contributed by atoms with Crippen LogP contribution in [-0.4, -0.2) is 69.4 Å². The summed E-state index contributed by atoms with van der Waals surface area (Å²) in [6, 6.07) is 0. The van der Waals surface area contributed by atoms with Gasteiger partial charge in [-0.2, -0.15) is 0 Å². The van der Waals surface area contributed by atoms with Crippen molar-refractivity contribution in [2.24, 2.45) is 0 Å². The molecule has 7 heteroatoms. The Morgan fingerprint density at radius 1 is 0.510 bits per heavy atom. The predicted octanol–water partition coefficient (Wildman–Crippen LogP) is 13.2. The van der Waals surface area contributed by atoms with Crippen LogP contribution in [0.4, 0.5) is 0 Å². The Hall–Kier alpha value is -0.340. The number of carbonyl (C=O) groups is 1. The Kier molecular flexibility index (Phi) is 43.8. The van der Waals surface area contributed by atoms with Gasteiger partial charge in [-0.3, -0.25) is 9.52 Å². The van der Waals surface area contributed by atoms with Crippen LogP contribution in [0.5, 0.6) is 0 Å². The van der Waals surface area contributed by atoms with E-state index in [2.05, 4.69) is 36.6 Å². The minimum atomic E-state index is -0.0164. The number of rotatable bonds is 44. The van der Waals surface area contributed by atoms with E-state index < -0.39 is 0 Å². The SMILES string of the molecule is CCCCCCCCCOC(=O)CCCCCCCN(CCCCCCC(OCCCCCCCC)OCCCCCCCC)CCCNSC. The Labute approximate surface area is 324 Å². The topological polar surface area (TPSA) is 60.0 Å². The third kappa shape index (κ3) is 40.7. The van der Waals surface area contributed by atoms with E-state index in [4.69, 9.17) is 14.2 Å². The van der Waals surface area contributed by atoms with Crippen LogP contribution in [0, 0.1) is 0 Å². The molecule has 0 saturated heterocycles. The van der Waals surface area contributed by atoms with E-state index in [1.807, 2.05) is 0 Å². The summed E-state index contributed by atoms with van der Waals surface area (Å²) in [4.78, 5) is 14.8. The lowest BCUT2D eigenvalue weighted by atomic mass is 10.1. The Bertz CT molecular complexity index is 653. The monoisotopic (exact) mass is 743 g/mol. The normalized spacial score (nSPS) is 11.7. The highest BCUT2D eigenvalue weighted by Crippen LogP contribution is 2.15. The molecule has 0 aliphatic heterocycles. The summed E-state index contributed by atoms with van der Waals surface area (Å²) in [7, 11) is 0. The Balaban J connectivity index is 4.20. The van der Waals surface area contributed by atoms with Crippen molar-refractivity contribution in [2.75, 3.05) is 52.3 Å². The molecule has 0 unspecified atom stereocenters. The fourth-order valence-corrected chi connectivity index (χ4v) is 7.02. The molecule has 0 rings (SSSR count). The van der Waals surface area contributed by atoms with Gasteiger partial charge in [0.05, 0.1) is 6.61 Å². The second kappa shape index (κ2) is 44.1. The number of hydrogen-bond donors (Lipinski definition) is 1. The molecule has 0 radical (unpaired) electrons. The Morgan fingerprint density at radius 3 is 1.43 bits per heavy atom. The third-order valence-corrected chi connectivity index (χ3v) is 10.5. The number of esters is 1. The number of ether oxygens (including phenoxy) is 3. The highest BCUT2D eigenvalue weighted by Gasteiger charge is 2.10. The molecule has 1 N–H and O–H groups in total. The van der Waals surface area contributed by atoms with Crippen LogP contribution in [0.3, 0.4) is 0 Å². The van der Waals surface area contributed by atoms with Gasteiger partial charge in [-0.15, -0.1) is 0 Å². The summed E-state index contributed by atoms with van der Waals surface area (Å²) in [5.74, 6) is 0.00270. The van der Waals surface area contributed by atoms with Crippen molar-refractivity contribution < 1.29 is 19.0 Å². The zero-order valence-electron chi connectivity index (χ0n) is 34.9. The van der Waals surface area contributed by atoms with Gasteiger partial charge in [-0.05, 0) is 83.7 Å². The molecule has 0 aromatic heterocycles. The van der Waals surface area contributed by atoms with Crippen molar-refractivity contribution in [1.82, 2.24) is 9.62 Å². The van der Waals surface area contributed by atoms with Crippen LogP contribution in [0.15, 0.2) is 0 Å². The number of unbranched alkanes of at least 4 members (excludes halogenated alkanes) is 23. The van der Waals surface area contributed by atoms with Gasteiger partial charge in [0.1, 0.15) is 0 Å². The van der Waals surface area contributed by atoms with Crippen LogP contribution in [-0.2, 0) is 19.0 Å². The van der Waals surface area contributed by atoms with Gasteiger partial charge in [-0.25, -0.2) is 0 Å². The summed E-state index contributed by atoms with van der Waals surface area (Å²) >= 11 is 1.72. The summed E-state index contributed by atoms with van der Waals surface area (Å²) in [6.07, 6.45) is 40.2. The van der Waals surface area contributed by atoms with Crippen molar-refractivity contribution in [3.05, 3.63) is 0 Å².